The Balaban J connectivity index is 1.65. The standard InChI is InChI=1S/C22H21F3N8O2/c1-12-6-15(7-27-19(12)26)29-20(34)21(35)33(17-11-31(3)30-13(17)2)10-16-9-32-8-14(22(23,24)25)4-5-18(32)28-16/h4-9,11H,10H2,1-3H3,(H2,26,27)(H,29,34). The topological polar surface area (TPSA) is 123 Å². The molecule has 4 aromatic heterocycles. The molecule has 0 unspecified atom stereocenters. The van der Waals surface area contributed by atoms with E-state index in [1.165, 1.54) is 32.4 Å². The second-order valence-electron chi connectivity index (χ2n) is 7.96. The number of carbonyl (C=O) groups is 2. The number of nitrogens with two attached hydrogens (primary N) is 1. The first-order valence-electron chi connectivity index (χ1n) is 10.3. The molecule has 0 aliphatic carbocycles. The highest BCUT2D eigenvalue weighted by molar-refractivity contribution is 6.44. The number of anilines is 3. The van der Waals surface area contributed by atoms with Gasteiger partial charge in [0.25, 0.3) is 0 Å². The lowest BCUT2D eigenvalue weighted by Gasteiger charge is -2.20. The summed E-state index contributed by atoms with van der Waals surface area (Å²) in [7, 11) is 1.66. The van der Waals surface area contributed by atoms with E-state index in [0.717, 1.165) is 12.3 Å². The molecule has 0 aliphatic rings. The quantitative estimate of drug-likeness (QED) is 0.428. The number of alkyl halides is 3. The molecule has 35 heavy (non-hydrogen) atoms. The molecule has 4 heterocycles. The van der Waals surface area contributed by atoms with Crippen LogP contribution in [0.4, 0.5) is 30.4 Å². The molecule has 13 heteroatoms. The molecule has 0 bridgehead atoms. The number of amides is 2. The number of rotatable bonds is 4. The summed E-state index contributed by atoms with van der Waals surface area (Å²) in [4.78, 5) is 35.5. The molecule has 4 aromatic rings. The highest BCUT2D eigenvalue weighted by atomic mass is 19.4. The third-order valence-electron chi connectivity index (χ3n) is 5.24. The minimum Gasteiger partial charge on any atom is -0.383 e. The zero-order valence-corrected chi connectivity index (χ0v) is 19.0. The van der Waals surface area contributed by atoms with Gasteiger partial charge in [-0.25, -0.2) is 9.97 Å². The monoisotopic (exact) mass is 486 g/mol. The third kappa shape index (κ3) is 4.93. The van der Waals surface area contributed by atoms with Crippen molar-refractivity contribution >= 4 is 34.7 Å². The minimum atomic E-state index is -4.51. The Kier molecular flexibility index (Phi) is 5.92. The Morgan fingerprint density at radius 1 is 1.17 bits per heavy atom. The molecule has 3 N–H and O–H groups in total. The van der Waals surface area contributed by atoms with E-state index >= 15 is 0 Å². The molecule has 0 atom stereocenters. The lowest BCUT2D eigenvalue weighted by molar-refractivity contribution is -0.137. The van der Waals surface area contributed by atoms with Gasteiger partial charge >= 0.3 is 18.0 Å². The van der Waals surface area contributed by atoms with Crippen molar-refractivity contribution in [2.24, 2.45) is 7.05 Å². The van der Waals surface area contributed by atoms with Crippen molar-refractivity contribution in [2.45, 2.75) is 26.6 Å². The van der Waals surface area contributed by atoms with Gasteiger partial charge in [0, 0.05) is 25.6 Å². The lowest BCUT2D eigenvalue weighted by atomic mass is 10.2. The number of imidazole rings is 1. The highest BCUT2D eigenvalue weighted by Crippen LogP contribution is 2.29. The number of fused-ring (bicyclic) bond motifs is 1. The molecule has 2 amide bonds. The summed E-state index contributed by atoms with van der Waals surface area (Å²) in [5.41, 5.74) is 7.13. The van der Waals surface area contributed by atoms with Crippen LogP contribution in [0, 0.1) is 13.8 Å². The predicted octanol–water partition coefficient (Wildman–Crippen LogP) is 2.85. The van der Waals surface area contributed by atoms with Crippen LogP contribution in [0.2, 0.25) is 0 Å². The van der Waals surface area contributed by atoms with Gasteiger partial charge in [-0.1, -0.05) is 0 Å². The third-order valence-corrected chi connectivity index (χ3v) is 5.24. The van der Waals surface area contributed by atoms with E-state index in [-0.39, 0.29) is 23.6 Å². The molecule has 0 saturated carbocycles. The van der Waals surface area contributed by atoms with Crippen molar-refractivity contribution in [1.29, 1.82) is 0 Å². The van der Waals surface area contributed by atoms with Gasteiger partial charge < -0.3 is 15.5 Å². The summed E-state index contributed by atoms with van der Waals surface area (Å²) in [6.45, 7) is 3.19. The lowest BCUT2D eigenvalue weighted by Crippen LogP contribution is -2.39. The summed E-state index contributed by atoms with van der Waals surface area (Å²) in [6, 6.07) is 3.74. The highest BCUT2D eigenvalue weighted by Gasteiger charge is 2.31. The number of aryl methyl sites for hydroxylation is 3. The first-order chi connectivity index (χ1) is 16.4. The van der Waals surface area contributed by atoms with Gasteiger partial charge in [-0.05, 0) is 37.6 Å². The van der Waals surface area contributed by atoms with E-state index in [9.17, 15) is 22.8 Å². The maximum atomic E-state index is 13.2. The minimum absolute atomic E-state index is 0.180. The number of carbonyl (C=O) groups excluding carboxylic acids is 2. The van der Waals surface area contributed by atoms with Gasteiger partial charge in [-0.15, -0.1) is 0 Å². The fraction of sp³-hybridized carbons (Fsp3) is 0.227. The molecule has 10 nitrogen and oxygen atoms in total. The largest absolute Gasteiger partial charge is 0.417 e. The number of pyridine rings is 2. The van der Waals surface area contributed by atoms with E-state index in [4.69, 9.17) is 5.73 Å². The second kappa shape index (κ2) is 8.74. The molecule has 4 rings (SSSR count). The summed E-state index contributed by atoms with van der Waals surface area (Å²) in [5, 5.41) is 6.72. The number of nitrogens with one attached hydrogen (secondary N) is 1. The Bertz CT molecular complexity index is 1440. The van der Waals surface area contributed by atoms with Crippen molar-refractivity contribution in [1.82, 2.24) is 24.1 Å². The van der Waals surface area contributed by atoms with Crippen LogP contribution < -0.4 is 16.0 Å². The first kappa shape index (κ1) is 23.7. The van der Waals surface area contributed by atoms with Crippen molar-refractivity contribution in [3.8, 4) is 0 Å². The molecular weight excluding hydrogens is 465 g/mol. The predicted molar refractivity (Wildman–Crippen MR) is 121 cm³/mol. The molecule has 0 aliphatic heterocycles. The second-order valence-corrected chi connectivity index (χ2v) is 7.96. The summed E-state index contributed by atoms with van der Waals surface area (Å²) in [5.74, 6) is -1.56. The molecule has 0 radical (unpaired) electrons. The van der Waals surface area contributed by atoms with Crippen LogP contribution in [0.3, 0.4) is 0 Å². The Labute approximate surface area is 197 Å². The van der Waals surface area contributed by atoms with Gasteiger partial charge in [-0.2, -0.15) is 18.3 Å². The molecule has 0 spiro atoms. The number of halogens is 3. The van der Waals surface area contributed by atoms with Crippen molar-refractivity contribution in [3.63, 3.8) is 0 Å². The number of hydrogen-bond donors (Lipinski definition) is 2. The fourth-order valence-electron chi connectivity index (χ4n) is 3.53. The molecular formula is C22H21F3N8O2. The zero-order valence-electron chi connectivity index (χ0n) is 19.0. The van der Waals surface area contributed by atoms with Gasteiger partial charge in [-0.3, -0.25) is 19.2 Å². The molecule has 182 valence electrons. The maximum Gasteiger partial charge on any atom is 0.417 e. The van der Waals surface area contributed by atoms with Crippen molar-refractivity contribution < 1.29 is 22.8 Å². The van der Waals surface area contributed by atoms with Crippen LogP contribution >= 0.6 is 0 Å². The van der Waals surface area contributed by atoms with Gasteiger partial charge in [0.1, 0.15) is 11.5 Å². The van der Waals surface area contributed by atoms with Crippen LogP contribution in [0.15, 0.2) is 43.0 Å². The summed E-state index contributed by atoms with van der Waals surface area (Å²) in [6.07, 6.45) is 0.666. The SMILES string of the molecule is Cc1cc(NC(=O)C(=O)N(Cc2cn3cc(C(F)(F)F)ccc3n2)c2cn(C)nc2C)cnc1N. The smallest absolute Gasteiger partial charge is 0.383 e. The number of hydrogen-bond acceptors (Lipinski definition) is 6. The number of nitrogens with zero attached hydrogens (tertiary/aromatic N) is 6. The van der Waals surface area contributed by atoms with Crippen LogP contribution in [0.1, 0.15) is 22.5 Å². The molecule has 0 saturated heterocycles. The van der Waals surface area contributed by atoms with Gasteiger partial charge in [0.2, 0.25) is 0 Å². The average Bonchev–Trinajstić information content (AvgIpc) is 3.34. The zero-order chi connectivity index (χ0) is 25.5. The van der Waals surface area contributed by atoms with Crippen LogP contribution in [-0.4, -0.2) is 36.0 Å². The van der Waals surface area contributed by atoms with E-state index in [0.29, 0.717) is 22.8 Å². The van der Waals surface area contributed by atoms with E-state index in [1.54, 1.807) is 33.2 Å². The Morgan fingerprint density at radius 3 is 2.54 bits per heavy atom. The van der Waals surface area contributed by atoms with Crippen molar-refractivity contribution in [3.05, 3.63) is 65.5 Å². The number of aromatic nitrogens is 5. The summed E-state index contributed by atoms with van der Waals surface area (Å²) >= 11 is 0. The first-order valence-corrected chi connectivity index (χ1v) is 10.3. The number of nitrogen functional groups attached to an aromatic ring is 1. The molecule has 0 aromatic carbocycles. The fourth-order valence-corrected chi connectivity index (χ4v) is 3.53. The van der Waals surface area contributed by atoms with Crippen molar-refractivity contribution in [2.75, 3.05) is 16.0 Å². The Hall–Kier alpha value is -4.42. The van der Waals surface area contributed by atoms with Gasteiger partial charge in [0.05, 0.1) is 41.1 Å². The van der Waals surface area contributed by atoms with E-state index in [2.05, 4.69) is 20.4 Å². The van der Waals surface area contributed by atoms with Crippen LogP contribution in [0.25, 0.3) is 5.65 Å². The molecule has 0 fully saturated rings. The van der Waals surface area contributed by atoms with Crippen LogP contribution in [-0.2, 0) is 29.4 Å². The van der Waals surface area contributed by atoms with Gasteiger partial charge in [0.15, 0.2) is 0 Å². The van der Waals surface area contributed by atoms with E-state index in [1.807, 2.05) is 0 Å². The normalized spacial score (nSPS) is 11.6. The average molecular weight is 486 g/mol. The van der Waals surface area contributed by atoms with E-state index < -0.39 is 23.6 Å². The summed E-state index contributed by atoms with van der Waals surface area (Å²) < 4.78 is 41.9. The van der Waals surface area contributed by atoms with Crippen LogP contribution in [0.5, 0.6) is 0 Å². The maximum absolute atomic E-state index is 13.2. The Morgan fingerprint density at radius 2 is 1.91 bits per heavy atom.